The maximum atomic E-state index is 13.6. The fourth-order valence-electron chi connectivity index (χ4n) is 5.83. The first-order valence-electron chi connectivity index (χ1n) is 10.8. The summed E-state index contributed by atoms with van der Waals surface area (Å²) < 4.78 is 112. The van der Waals surface area contributed by atoms with Crippen LogP contribution < -0.4 is 4.90 Å². The molecular formula is C21H22F6N4O3S. The van der Waals surface area contributed by atoms with Gasteiger partial charge in [0.25, 0.3) is 0 Å². The summed E-state index contributed by atoms with van der Waals surface area (Å²) in [6.07, 6.45) is -0.253. The van der Waals surface area contributed by atoms with Crippen molar-refractivity contribution in [3.63, 3.8) is 0 Å². The Hall–Kier alpha value is -2.32. The SMILES string of the molecule is COC12CC(C3CN(S(=O)(=O)C(F)(F)F)Cc4cc(C(F)(F)F)ccc4N3Cc3cnc[nH]3)(C1)C2. The van der Waals surface area contributed by atoms with Crippen LogP contribution >= 0.6 is 0 Å². The fraction of sp³-hybridized carbons (Fsp3) is 0.571. The zero-order valence-corrected chi connectivity index (χ0v) is 19.3. The summed E-state index contributed by atoms with van der Waals surface area (Å²) >= 11 is 0. The van der Waals surface area contributed by atoms with Gasteiger partial charge in [0.2, 0.25) is 0 Å². The van der Waals surface area contributed by atoms with Crippen LogP contribution in [-0.2, 0) is 34.0 Å². The lowest BCUT2D eigenvalue weighted by Gasteiger charge is -2.73. The normalized spacial score (nSPS) is 29.2. The molecule has 1 aromatic heterocycles. The summed E-state index contributed by atoms with van der Waals surface area (Å²) in [7, 11) is -4.26. The Labute approximate surface area is 197 Å². The highest BCUT2D eigenvalue weighted by Gasteiger charge is 2.72. The molecule has 1 aromatic carbocycles. The van der Waals surface area contributed by atoms with Gasteiger partial charge in [-0.2, -0.15) is 30.6 Å². The second-order valence-corrected chi connectivity index (χ2v) is 11.5. The third kappa shape index (κ3) is 3.80. The summed E-state index contributed by atoms with van der Waals surface area (Å²) in [5, 5.41) is 0. The van der Waals surface area contributed by atoms with Crippen LogP contribution in [0, 0.1) is 5.41 Å². The number of hydrogen-bond acceptors (Lipinski definition) is 5. The van der Waals surface area contributed by atoms with Gasteiger partial charge in [-0.05, 0) is 43.0 Å². The topological polar surface area (TPSA) is 78.5 Å². The standard InChI is InChI=1S/C21H22F6N4O3S/c1-34-19-9-18(10-19,11-19)17-8-30(35(32,33)21(25,26)27)6-13-4-14(20(22,23)24)2-3-16(13)31(17)7-15-5-28-12-29-15/h2-5,12,17H,6-11H2,1H3,(H,28,29). The second-order valence-electron chi connectivity index (χ2n) is 9.58. The van der Waals surface area contributed by atoms with Gasteiger partial charge in [0.1, 0.15) is 0 Å². The predicted octanol–water partition coefficient (Wildman–Crippen LogP) is 4.04. The highest BCUT2D eigenvalue weighted by atomic mass is 32.2. The number of sulfonamides is 1. The first-order chi connectivity index (χ1) is 16.2. The van der Waals surface area contributed by atoms with E-state index in [9.17, 15) is 34.8 Å². The zero-order valence-electron chi connectivity index (χ0n) is 18.4. The molecule has 4 aliphatic rings. The Morgan fingerprint density at radius 2 is 1.86 bits per heavy atom. The van der Waals surface area contributed by atoms with E-state index in [-0.39, 0.29) is 27.7 Å². The van der Waals surface area contributed by atoms with Gasteiger partial charge in [0, 0.05) is 43.5 Å². The van der Waals surface area contributed by atoms with Crippen LogP contribution in [0.5, 0.6) is 0 Å². The fourth-order valence-corrected chi connectivity index (χ4v) is 6.77. The summed E-state index contributed by atoms with van der Waals surface area (Å²) in [6, 6.07) is 2.08. The van der Waals surface area contributed by atoms with E-state index in [0.29, 0.717) is 25.0 Å². The number of H-pyrrole nitrogens is 1. The van der Waals surface area contributed by atoms with E-state index in [1.165, 1.54) is 18.6 Å². The van der Waals surface area contributed by atoms with Crippen LogP contribution in [0.3, 0.4) is 0 Å². The molecule has 14 heteroatoms. The average Bonchev–Trinajstić information content (AvgIpc) is 3.15. The van der Waals surface area contributed by atoms with E-state index in [4.69, 9.17) is 4.74 Å². The van der Waals surface area contributed by atoms with Crippen molar-refractivity contribution in [1.29, 1.82) is 0 Å². The molecular weight excluding hydrogens is 502 g/mol. The quantitative estimate of drug-likeness (QED) is 0.598. The molecule has 2 heterocycles. The van der Waals surface area contributed by atoms with Crippen molar-refractivity contribution in [1.82, 2.24) is 14.3 Å². The van der Waals surface area contributed by atoms with Crippen molar-refractivity contribution in [3.8, 4) is 0 Å². The number of aromatic nitrogens is 2. The Morgan fingerprint density at radius 1 is 1.17 bits per heavy atom. The van der Waals surface area contributed by atoms with E-state index >= 15 is 0 Å². The molecule has 1 atom stereocenters. The number of benzene rings is 1. The zero-order chi connectivity index (χ0) is 25.4. The number of aromatic amines is 1. The molecule has 0 radical (unpaired) electrons. The maximum absolute atomic E-state index is 13.6. The molecule has 6 rings (SSSR count). The number of methoxy groups -OCH3 is 1. The van der Waals surface area contributed by atoms with E-state index < -0.39 is 51.8 Å². The lowest BCUT2D eigenvalue weighted by molar-refractivity contribution is -0.283. The van der Waals surface area contributed by atoms with Gasteiger partial charge in [-0.1, -0.05) is 0 Å². The number of nitrogens with one attached hydrogen (secondary N) is 1. The number of rotatable bonds is 5. The molecule has 0 spiro atoms. The van der Waals surface area contributed by atoms with Crippen molar-refractivity contribution < 1.29 is 39.5 Å². The van der Waals surface area contributed by atoms with Crippen LogP contribution in [0.15, 0.2) is 30.7 Å². The molecule has 1 N–H and O–H groups in total. The molecule has 192 valence electrons. The number of ether oxygens (including phenoxy) is 1. The number of alkyl halides is 6. The van der Waals surface area contributed by atoms with Gasteiger partial charge in [-0.15, -0.1) is 0 Å². The van der Waals surface area contributed by atoms with Gasteiger partial charge in [0.05, 0.1) is 29.7 Å². The monoisotopic (exact) mass is 524 g/mol. The highest BCUT2D eigenvalue weighted by Crippen LogP contribution is 2.71. The molecule has 2 bridgehead atoms. The second kappa shape index (κ2) is 7.59. The van der Waals surface area contributed by atoms with E-state index in [0.717, 1.165) is 12.1 Å². The van der Waals surface area contributed by atoms with E-state index in [2.05, 4.69) is 9.97 Å². The maximum Gasteiger partial charge on any atom is 0.511 e. The molecule has 2 aromatic rings. The number of imidazole rings is 1. The molecule has 1 aliphatic heterocycles. The number of nitrogens with zero attached hydrogens (tertiary/aromatic N) is 3. The predicted molar refractivity (Wildman–Crippen MR) is 111 cm³/mol. The molecule has 0 amide bonds. The molecule has 7 nitrogen and oxygen atoms in total. The summed E-state index contributed by atoms with van der Waals surface area (Å²) in [5.74, 6) is 0. The largest absolute Gasteiger partial charge is 0.511 e. The van der Waals surface area contributed by atoms with Crippen molar-refractivity contribution in [3.05, 3.63) is 47.5 Å². The minimum absolute atomic E-state index is 0.102. The van der Waals surface area contributed by atoms with E-state index in [1.54, 1.807) is 12.0 Å². The Balaban J connectivity index is 1.65. The Morgan fingerprint density at radius 3 is 2.40 bits per heavy atom. The van der Waals surface area contributed by atoms with Crippen LogP contribution in [-0.4, -0.2) is 53.5 Å². The average molecular weight is 524 g/mol. The number of halogens is 6. The van der Waals surface area contributed by atoms with Crippen molar-refractivity contribution >= 4 is 15.7 Å². The lowest BCUT2D eigenvalue weighted by atomic mass is 9.38. The molecule has 3 fully saturated rings. The molecule has 3 saturated carbocycles. The van der Waals surface area contributed by atoms with Gasteiger partial charge in [-0.3, -0.25) is 0 Å². The highest BCUT2D eigenvalue weighted by molar-refractivity contribution is 7.89. The number of fused-ring (bicyclic) bond motifs is 1. The molecule has 0 saturated heterocycles. The molecule has 35 heavy (non-hydrogen) atoms. The van der Waals surface area contributed by atoms with Gasteiger partial charge in [-0.25, -0.2) is 13.4 Å². The number of anilines is 1. The van der Waals surface area contributed by atoms with Crippen molar-refractivity contribution in [2.45, 2.75) is 55.7 Å². The summed E-state index contributed by atoms with van der Waals surface area (Å²) in [6.45, 7) is -1.25. The van der Waals surface area contributed by atoms with Gasteiger partial charge >= 0.3 is 21.7 Å². The van der Waals surface area contributed by atoms with Crippen molar-refractivity contribution in [2.75, 3.05) is 18.6 Å². The summed E-state index contributed by atoms with van der Waals surface area (Å²) in [5.41, 5.74) is -6.88. The van der Waals surface area contributed by atoms with Crippen LogP contribution in [0.2, 0.25) is 0 Å². The lowest BCUT2D eigenvalue weighted by Crippen LogP contribution is -2.75. The smallest absolute Gasteiger partial charge is 0.378 e. The van der Waals surface area contributed by atoms with E-state index in [1.807, 2.05) is 0 Å². The van der Waals surface area contributed by atoms with Crippen LogP contribution in [0.4, 0.5) is 32.0 Å². The minimum Gasteiger partial charge on any atom is -0.378 e. The van der Waals surface area contributed by atoms with Crippen LogP contribution in [0.25, 0.3) is 0 Å². The summed E-state index contributed by atoms with van der Waals surface area (Å²) in [4.78, 5) is 8.57. The van der Waals surface area contributed by atoms with Gasteiger partial charge in [0.15, 0.2) is 0 Å². The number of hydrogen-bond donors (Lipinski definition) is 1. The van der Waals surface area contributed by atoms with Crippen molar-refractivity contribution in [2.24, 2.45) is 5.41 Å². The minimum atomic E-state index is -5.81. The van der Waals surface area contributed by atoms with Gasteiger partial charge < -0.3 is 14.6 Å². The third-order valence-corrected chi connectivity index (χ3v) is 9.05. The molecule has 1 unspecified atom stereocenters. The third-order valence-electron chi connectivity index (χ3n) is 7.51. The first-order valence-corrected chi connectivity index (χ1v) is 12.2. The first kappa shape index (κ1) is 24.4. The molecule has 3 aliphatic carbocycles. The Bertz CT molecular complexity index is 1210. The Kier molecular flexibility index (Phi) is 5.29. The van der Waals surface area contributed by atoms with Crippen LogP contribution in [0.1, 0.15) is 36.1 Å².